The van der Waals surface area contributed by atoms with Gasteiger partial charge in [-0.1, -0.05) is 31.9 Å². The number of nitrogens with one attached hydrogen (secondary N) is 1. The van der Waals surface area contributed by atoms with E-state index >= 15 is 0 Å². The average molecular weight is 330 g/mol. The van der Waals surface area contributed by atoms with Crippen LogP contribution in [0.5, 0.6) is 0 Å². The number of amides is 1. The smallest absolute Gasteiger partial charge is 0.235 e. The first-order valence-electron chi connectivity index (χ1n) is 8.44. The number of hydrogen-bond acceptors (Lipinski definition) is 3. The van der Waals surface area contributed by atoms with Crippen molar-refractivity contribution in [1.29, 1.82) is 0 Å². The molecule has 24 heavy (non-hydrogen) atoms. The molecule has 128 valence electrons. The molecule has 0 bridgehead atoms. The summed E-state index contributed by atoms with van der Waals surface area (Å²) in [6, 6.07) is 6.55. The number of aromatic nitrogens is 2. The summed E-state index contributed by atoms with van der Waals surface area (Å²) >= 11 is 0. The summed E-state index contributed by atoms with van der Waals surface area (Å²) in [5, 5.41) is 7.45. The number of hydrogen-bond donors (Lipinski definition) is 1. The molecular weight excluding hydrogens is 307 g/mol. The second kappa shape index (κ2) is 7.13. The van der Waals surface area contributed by atoms with Gasteiger partial charge in [0, 0.05) is 18.3 Å². The van der Waals surface area contributed by atoms with Crippen molar-refractivity contribution < 1.29 is 9.18 Å². The first-order valence-corrected chi connectivity index (χ1v) is 8.44. The molecule has 1 aliphatic heterocycles. The van der Waals surface area contributed by atoms with Gasteiger partial charge < -0.3 is 5.32 Å². The highest BCUT2D eigenvalue weighted by atomic mass is 19.1. The lowest BCUT2D eigenvalue weighted by molar-refractivity contribution is -0.118. The lowest BCUT2D eigenvalue weighted by atomic mass is 10.2. The van der Waals surface area contributed by atoms with Crippen LogP contribution in [0, 0.1) is 12.7 Å². The molecular formula is C18H23FN4O. The van der Waals surface area contributed by atoms with Crippen molar-refractivity contribution in [2.75, 3.05) is 13.1 Å². The number of benzene rings is 1. The fourth-order valence-electron chi connectivity index (χ4n) is 3.12. The van der Waals surface area contributed by atoms with Gasteiger partial charge in [0.2, 0.25) is 5.91 Å². The van der Waals surface area contributed by atoms with E-state index in [0.717, 1.165) is 37.1 Å². The summed E-state index contributed by atoms with van der Waals surface area (Å²) in [7, 11) is 0. The normalized spacial score (nSPS) is 18.1. The van der Waals surface area contributed by atoms with Crippen molar-refractivity contribution in [3.8, 4) is 5.69 Å². The zero-order valence-corrected chi connectivity index (χ0v) is 14.1. The number of unbranched alkanes of at least 4 members (excludes halogenated alkanes) is 2. The van der Waals surface area contributed by atoms with E-state index in [0.29, 0.717) is 12.2 Å². The third-order valence-electron chi connectivity index (χ3n) is 4.39. The van der Waals surface area contributed by atoms with E-state index in [2.05, 4.69) is 22.2 Å². The zero-order valence-electron chi connectivity index (χ0n) is 14.1. The number of nitrogens with zero attached hydrogens (tertiary/aromatic N) is 3. The second-order valence-corrected chi connectivity index (χ2v) is 6.21. The maximum Gasteiger partial charge on any atom is 0.235 e. The number of halogens is 1. The van der Waals surface area contributed by atoms with Crippen LogP contribution in [0.3, 0.4) is 0 Å². The Kier molecular flexibility index (Phi) is 4.94. The van der Waals surface area contributed by atoms with Gasteiger partial charge in [0.15, 0.2) is 0 Å². The number of carbonyl (C=O) groups is 1. The highest BCUT2D eigenvalue weighted by Gasteiger charge is 2.32. The van der Waals surface area contributed by atoms with Gasteiger partial charge in [-0.05, 0) is 25.5 Å². The van der Waals surface area contributed by atoms with Crippen LogP contribution in [0.2, 0.25) is 0 Å². The Morgan fingerprint density at radius 1 is 1.33 bits per heavy atom. The molecule has 1 aliphatic rings. The number of aryl methyl sites for hydroxylation is 1. The van der Waals surface area contributed by atoms with Gasteiger partial charge in [0.1, 0.15) is 17.7 Å². The minimum atomic E-state index is -0.318. The largest absolute Gasteiger partial charge is 0.335 e. The molecule has 2 heterocycles. The van der Waals surface area contributed by atoms with Crippen LogP contribution >= 0.6 is 0 Å². The van der Waals surface area contributed by atoms with Crippen LogP contribution < -0.4 is 5.32 Å². The van der Waals surface area contributed by atoms with Gasteiger partial charge >= 0.3 is 0 Å². The highest BCUT2D eigenvalue weighted by molar-refractivity contribution is 5.80. The summed E-state index contributed by atoms with van der Waals surface area (Å²) in [5.74, 6) is -0.295. The van der Waals surface area contributed by atoms with Gasteiger partial charge in [-0.2, -0.15) is 5.10 Å². The topological polar surface area (TPSA) is 50.2 Å². The summed E-state index contributed by atoms with van der Waals surface area (Å²) in [6.07, 6.45) is 4.98. The van der Waals surface area contributed by atoms with Crippen molar-refractivity contribution in [3.63, 3.8) is 0 Å². The Morgan fingerprint density at radius 2 is 2.12 bits per heavy atom. The van der Waals surface area contributed by atoms with Crippen LogP contribution in [-0.4, -0.2) is 33.7 Å². The summed E-state index contributed by atoms with van der Waals surface area (Å²) < 4.78 is 15.5. The predicted octanol–water partition coefficient (Wildman–Crippen LogP) is 2.94. The first-order chi connectivity index (χ1) is 11.6. The van der Waals surface area contributed by atoms with Gasteiger partial charge in [-0.15, -0.1) is 0 Å². The van der Waals surface area contributed by atoms with E-state index in [4.69, 9.17) is 0 Å². The molecule has 0 spiro atoms. The first kappa shape index (κ1) is 16.6. The lowest BCUT2D eigenvalue weighted by Crippen LogP contribution is -2.28. The number of carbonyl (C=O) groups excluding carboxylic acids is 1. The van der Waals surface area contributed by atoms with Gasteiger partial charge in [-0.25, -0.2) is 9.07 Å². The number of para-hydroxylation sites is 1. The Hall–Kier alpha value is -2.21. The fourth-order valence-corrected chi connectivity index (χ4v) is 3.12. The predicted molar refractivity (Wildman–Crippen MR) is 90.2 cm³/mol. The Bertz CT molecular complexity index is 728. The molecule has 0 radical (unpaired) electrons. The van der Waals surface area contributed by atoms with Gasteiger partial charge in [0.25, 0.3) is 0 Å². The molecule has 1 fully saturated rings. The lowest BCUT2D eigenvalue weighted by Gasteiger charge is -2.22. The average Bonchev–Trinajstić information content (AvgIpc) is 3.11. The molecule has 1 aromatic heterocycles. The molecule has 1 aromatic carbocycles. The van der Waals surface area contributed by atoms with Crippen molar-refractivity contribution in [3.05, 3.63) is 47.5 Å². The summed E-state index contributed by atoms with van der Waals surface area (Å²) in [5.41, 5.74) is 2.13. The van der Waals surface area contributed by atoms with E-state index in [-0.39, 0.29) is 17.9 Å². The molecule has 6 heteroatoms. The van der Waals surface area contributed by atoms with Crippen LogP contribution in [-0.2, 0) is 4.79 Å². The van der Waals surface area contributed by atoms with Gasteiger partial charge in [0.05, 0.1) is 12.2 Å². The van der Waals surface area contributed by atoms with Crippen molar-refractivity contribution >= 4 is 5.91 Å². The molecule has 1 unspecified atom stereocenters. The molecule has 0 aliphatic carbocycles. The minimum Gasteiger partial charge on any atom is -0.335 e. The standard InChI is InChI=1S/C18H23FN4O/c1-3-4-7-10-22-12-17(24)20-18(22)14-11-23(21-13(14)2)16-9-6-5-8-15(16)19/h5-6,8-9,11,18H,3-4,7,10,12H2,1-2H3,(H,20,24). The number of rotatable bonds is 6. The van der Waals surface area contributed by atoms with E-state index in [9.17, 15) is 9.18 Å². The quantitative estimate of drug-likeness (QED) is 0.829. The molecule has 1 atom stereocenters. The second-order valence-electron chi connectivity index (χ2n) is 6.21. The van der Waals surface area contributed by atoms with Crippen molar-refractivity contribution in [2.24, 2.45) is 0 Å². The minimum absolute atomic E-state index is 0.0227. The SMILES string of the molecule is CCCCCN1CC(=O)NC1c1cn(-c2ccccc2F)nc1C. The fraction of sp³-hybridized carbons (Fsp3) is 0.444. The Labute approximate surface area is 141 Å². The third-order valence-corrected chi connectivity index (χ3v) is 4.39. The van der Waals surface area contributed by atoms with Crippen LogP contribution in [0.15, 0.2) is 30.5 Å². The van der Waals surface area contributed by atoms with Gasteiger partial charge in [-0.3, -0.25) is 9.69 Å². The maximum absolute atomic E-state index is 14.0. The van der Waals surface area contributed by atoms with Crippen molar-refractivity contribution in [2.45, 2.75) is 39.3 Å². The Morgan fingerprint density at radius 3 is 2.88 bits per heavy atom. The van der Waals surface area contributed by atoms with E-state index in [1.165, 1.54) is 6.07 Å². The van der Waals surface area contributed by atoms with E-state index in [1.54, 1.807) is 22.9 Å². The summed E-state index contributed by atoms with van der Waals surface area (Å²) in [4.78, 5) is 14.0. The molecule has 1 amide bonds. The summed E-state index contributed by atoms with van der Waals surface area (Å²) in [6.45, 7) is 5.31. The maximum atomic E-state index is 14.0. The zero-order chi connectivity index (χ0) is 17.1. The Balaban J connectivity index is 1.86. The highest BCUT2D eigenvalue weighted by Crippen LogP contribution is 2.26. The molecule has 3 rings (SSSR count). The third kappa shape index (κ3) is 3.33. The van der Waals surface area contributed by atoms with Crippen LogP contribution in [0.25, 0.3) is 5.69 Å². The van der Waals surface area contributed by atoms with Crippen LogP contribution in [0.4, 0.5) is 4.39 Å². The van der Waals surface area contributed by atoms with E-state index in [1.807, 2.05) is 13.1 Å². The van der Waals surface area contributed by atoms with E-state index < -0.39 is 0 Å². The molecule has 0 saturated carbocycles. The van der Waals surface area contributed by atoms with Crippen LogP contribution in [0.1, 0.15) is 43.6 Å². The molecule has 5 nitrogen and oxygen atoms in total. The monoisotopic (exact) mass is 330 g/mol. The molecule has 1 saturated heterocycles. The molecule has 1 N–H and O–H groups in total. The van der Waals surface area contributed by atoms with Crippen molar-refractivity contribution in [1.82, 2.24) is 20.0 Å². The molecule has 2 aromatic rings.